The lowest BCUT2D eigenvalue weighted by molar-refractivity contribution is 0.101. The lowest BCUT2D eigenvalue weighted by Gasteiger charge is -2.35. The van der Waals surface area contributed by atoms with Gasteiger partial charge in [-0.25, -0.2) is 19.9 Å². The van der Waals surface area contributed by atoms with Crippen molar-refractivity contribution in [3.63, 3.8) is 0 Å². The zero-order valence-electron chi connectivity index (χ0n) is 16.5. The summed E-state index contributed by atoms with van der Waals surface area (Å²) in [7, 11) is 0. The molecule has 0 spiro atoms. The van der Waals surface area contributed by atoms with E-state index in [0.717, 1.165) is 43.6 Å². The third-order valence-electron chi connectivity index (χ3n) is 4.80. The van der Waals surface area contributed by atoms with Gasteiger partial charge in [0.05, 0.1) is 0 Å². The first kappa shape index (κ1) is 18.8. The molecule has 29 heavy (non-hydrogen) atoms. The smallest absolute Gasteiger partial charge is 0.225 e. The van der Waals surface area contributed by atoms with E-state index in [1.54, 1.807) is 25.4 Å². The minimum Gasteiger partial charge on any atom is -0.353 e. The van der Waals surface area contributed by atoms with Gasteiger partial charge < -0.3 is 15.1 Å². The number of nitrogens with one attached hydrogen (secondary N) is 1. The highest BCUT2D eigenvalue weighted by Crippen LogP contribution is 2.22. The van der Waals surface area contributed by atoms with Crippen LogP contribution in [0.15, 0.2) is 48.8 Å². The number of piperazine rings is 1. The van der Waals surface area contributed by atoms with Crippen molar-refractivity contribution >= 4 is 29.1 Å². The second kappa shape index (κ2) is 8.22. The number of rotatable bonds is 5. The first-order valence-corrected chi connectivity index (χ1v) is 9.59. The minimum absolute atomic E-state index is 0.0356. The quantitative estimate of drug-likeness (QED) is 0.667. The van der Waals surface area contributed by atoms with Crippen LogP contribution in [-0.2, 0) is 0 Å². The Balaban J connectivity index is 1.48. The highest BCUT2D eigenvalue weighted by Gasteiger charge is 2.20. The second-order valence-electron chi connectivity index (χ2n) is 6.94. The summed E-state index contributed by atoms with van der Waals surface area (Å²) in [5.41, 5.74) is 1.49. The second-order valence-corrected chi connectivity index (χ2v) is 6.94. The van der Waals surface area contributed by atoms with Gasteiger partial charge in [-0.3, -0.25) is 4.79 Å². The van der Waals surface area contributed by atoms with Crippen molar-refractivity contribution in [2.75, 3.05) is 41.3 Å². The molecular formula is C21H23N7O. The number of hydrogen-bond acceptors (Lipinski definition) is 8. The number of hydrogen-bond donors (Lipinski definition) is 1. The molecule has 0 aliphatic carbocycles. The van der Waals surface area contributed by atoms with E-state index in [9.17, 15) is 4.79 Å². The summed E-state index contributed by atoms with van der Waals surface area (Å²) < 4.78 is 0. The van der Waals surface area contributed by atoms with E-state index in [-0.39, 0.29) is 5.78 Å². The molecule has 3 heterocycles. The van der Waals surface area contributed by atoms with Crippen LogP contribution in [-0.4, -0.2) is 51.9 Å². The van der Waals surface area contributed by atoms with Crippen LogP contribution in [0.4, 0.5) is 23.3 Å². The standard InChI is InChI=1S/C21H23N7O/c1-15(29)17-5-3-6-18(13-17)26-19-14-20(25-16(2)24-19)27-9-11-28(12-10-27)21-22-7-4-8-23-21/h3-8,13-14H,9-12H2,1-2H3,(H,24,25,26). The predicted molar refractivity (Wildman–Crippen MR) is 113 cm³/mol. The monoisotopic (exact) mass is 389 g/mol. The molecule has 0 radical (unpaired) electrons. The van der Waals surface area contributed by atoms with Crippen molar-refractivity contribution in [3.05, 3.63) is 60.2 Å². The zero-order valence-corrected chi connectivity index (χ0v) is 16.5. The predicted octanol–water partition coefficient (Wildman–Crippen LogP) is 2.85. The molecule has 2 aromatic heterocycles. The lowest BCUT2D eigenvalue weighted by Crippen LogP contribution is -2.47. The molecule has 1 saturated heterocycles. The summed E-state index contributed by atoms with van der Waals surface area (Å²) in [6.07, 6.45) is 3.53. The molecule has 0 atom stereocenters. The molecule has 1 fully saturated rings. The molecule has 8 nitrogen and oxygen atoms in total. The van der Waals surface area contributed by atoms with Crippen LogP contribution >= 0.6 is 0 Å². The number of carbonyl (C=O) groups is 1. The summed E-state index contributed by atoms with van der Waals surface area (Å²) in [5, 5.41) is 3.29. The van der Waals surface area contributed by atoms with Gasteiger partial charge in [-0.15, -0.1) is 0 Å². The normalized spacial score (nSPS) is 14.0. The Morgan fingerprint density at radius 3 is 2.41 bits per heavy atom. The molecule has 0 amide bonds. The summed E-state index contributed by atoms with van der Waals surface area (Å²) in [5.74, 6) is 3.09. The van der Waals surface area contributed by atoms with E-state index in [4.69, 9.17) is 0 Å². The highest BCUT2D eigenvalue weighted by atomic mass is 16.1. The first-order chi connectivity index (χ1) is 14.1. The number of aromatic nitrogens is 4. The maximum Gasteiger partial charge on any atom is 0.225 e. The molecule has 0 unspecified atom stereocenters. The summed E-state index contributed by atoms with van der Waals surface area (Å²) in [4.78, 5) is 33.8. The van der Waals surface area contributed by atoms with Gasteiger partial charge in [0.15, 0.2) is 5.78 Å². The average Bonchev–Trinajstić information content (AvgIpc) is 2.74. The van der Waals surface area contributed by atoms with Gasteiger partial charge in [-0.1, -0.05) is 12.1 Å². The number of carbonyl (C=O) groups excluding carboxylic acids is 1. The summed E-state index contributed by atoms with van der Waals surface area (Å²) >= 11 is 0. The molecule has 1 aliphatic rings. The molecular weight excluding hydrogens is 366 g/mol. The number of Topliss-reactive ketones (excluding diaryl/α,β-unsaturated/α-hetero) is 1. The Morgan fingerprint density at radius 2 is 1.69 bits per heavy atom. The largest absolute Gasteiger partial charge is 0.353 e. The highest BCUT2D eigenvalue weighted by molar-refractivity contribution is 5.95. The molecule has 148 valence electrons. The SMILES string of the molecule is CC(=O)c1cccc(Nc2cc(N3CCN(c4ncccn4)CC3)nc(C)n2)c1. The number of anilines is 4. The Bertz CT molecular complexity index is 1000. The van der Waals surface area contributed by atoms with Crippen molar-refractivity contribution in [2.45, 2.75) is 13.8 Å². The summed E-state index contributed by atoms with van der Waals surface area (Å²) in [6, 6.07) is 11.2. The lowest BCUT2D eigenvalue weighted by atomic mass is 10.1. The number of nitrogens with zero attached hydrogens (tertiary/aromatic N) is 6. The first-order valence-electron chi connectivity index (χ1n) is 9.59. The van der Waals surface area contributed by atoms with E-state index in [2.05, 4.69) is 35.1 Å². The fraction of sp³-hybridized carbons (Fsp3) is 0.286. The minimum atomic E-state index is 0.0356. The van der Waals surface area contributed by atoms with Crippen LogP contribution in [0.2, 0.25) is 0 Å². The van der Waals surface area contributed by atoms with Crippen molar-refractivity contribution in [1.29, 1.82) is 0 Å². The van der Waals surface area contributed by atoms with E-state index < -0.39 is 0 Å². The fourth-order valence-electron chi connectivity index (χ4n) is 3.33. The fourth-order valence-corrected chi connectivity index (χ4v) is 3.33. The third kappa shape index (κ3) is 4.48. The topological polar surface area (TPSA) is 87.1 Å². The van der Waals surface area contributed by atoms with Gasteiger partial charge in [-0.05, 0) is 32.0 Å². The van der Waals surface area contributed by atoms with Crippen LogP contribution in [0, 0.1) is 6.92 Å². The Hall–Kier alpha value is -3.55. The van der Waals surface area contributed by atoms with Crippen molar-refractivity contribution in [2.24, 2.45) is 0 Å². The van der Waals surface area contributed by atoms with Crippen LogP contribution in [0.3, 0.4) is 0 Å². The molecule has 3 aromatic rings. The van der Waals surface area contributed by atoms with Crippen molar-refractivity contribution < 1.29 is 4.79 Å². The van der Waals surface area contributed by atoms with E-state index in [1.807, 2.05) is 37.3 Å². The van der Waals surface area contributed by atoms with Crippen LogP contribution in [0.25, 0.3) is 0 Å². The average molecular weight is 389 g/mol. The maximum atomic E-state index is 11.6. The van der Waals surface area contributed by atoms with E-state index >= 15 is 0 Å². The Kier molecular flexibility index (Phi) is 5.33. The molecule has 8 heteroatoms. The molecule has 4 rings (SSSR count). The Labute approximate surface area is 169 Å². The molecule has 1 aliphatic heterocycles. The molecule has 1 aromatic carbocycles. The van der Waals surface area contributed by atoms with E-state index in [1.165, 1.54) is 0 Å². The van der Waals surface area contributed by atoms with Gasteiger partial charge in [-0.2, -0.15) is 0 Å². The third-order valence-corrected chi connectivity index (χ3v) is 4.80. The van der Waals surface area contributed by atoms with Crippen LogP contribution in [0.5, 0.6) is 0 Å². The molecule has 0 bridgehead atoms. The number of benzene rings is 1. The van der Waals surface area contributed by atoms with Crippen LogP contribution < -0.4 is 15.1 Å². The van der Waals surface area contributed by atoms with Gasteiger partial charge >= 0.3 is 0 Å². The Morgan fingerprint density at radius 1 is 0.966 bits per heavy atom. The van der Waals surface area contributed by atoms with Crippen molar-refractivity contribution in [3.8, 4) is 0 Å². The van der Waals surface area contributed by atoms with Crippen LogP contribution in [0.1, 0.15) is 23.1 Å². The number of ketones is 1. The summed E-state index contributed by atoms with van der Waals surface area (Å²) in [6.45, 7) is 6.76. The number of aryl methyl sites for hydroxylation is 1. The molecule has 1 N–H and O–H groups in total. The zero-order chi connectivity index (χ0) is 20.2. The maximum absolute atomic E-state index is 11.6. The van der Waals surface area contributed by atoms with Gasteiger partial charge in [0.2, 0.25) is 5.95 Å². The van der Waals surface area contributed by atoms with Gasteiger partial charge in [0, 0.05) is 55.9 Å². The van der Waals surface area contributed by atoms with Gasteiger partial charge in [0.1, 0.15) is 17.5 Å². The van der Waals surface area contributed by atoms with Gasteiger partial charge in [0.25, 0.3) is 0 Å². The van der Waals surface area contributed by atoms with E-state index in [0.29, 0.717) is 17.2 Å². The van der Waals surface area contributed by atoms with Crippen molar-refractivity contribution in [1.82, 2.24) is 19.9 Å². The molecule has 0 saturated carbocycles.